The van der Waals surface area contributed by atoms with Crippen molar-refractivity contribution in [2.24, 2.45) is 0 Å². The van der Waals surface area contributed by atoms with Crippen LogP contribution in [0.5, 0.6) is 0 Å². The lowest BCUT2D eigenvalue weighted by molar-refractivity contribution is -0.145. The lowest BCUT2D eigenvalue weighted by atomic mass is 10.1. The topological polar surface area (TPSA) is 59.5 Å². The number of nitrogens with zero attached hydrogens (tertiary/aromatic N) is 2. The predicted molar refractivity (Wildman–Crippen MR) is 82.0 cm³/mol. The number of ether oxygens (including phenoxy) is 1. The highest BCUT2D eigenvalue weighted by Gasteiger charge is 2.27. The van der Waals surface area contributed by atoms with E-state index in [0.29, 0.717) is 12.1 Å². The number of amides is 1. The van der Waals surface area contributed by atoms with Crippen LogP contribution in [0.4, 0.5) is 0 Å². The van der Waals surface area contributed by atoms with Gasteiger partial charge in [0, 0.05) is 24.5 Å². The van der Waals surface area contributed by atoms with Crippen LogP contribution in [0.1, 0.15) is 22.8 Å². The van der Waals surface area contributed by atoms with Gasteiger partial charge >= 0.3 is 5.97 Å². The predicted octanol–water partition coefficient (Wildman–Crippen LogP) is 2.29. The highest BCUT2D eigenvalue weighted by atomic mass is 16.5. The summed E-state index contributed by atoms with van der Waals surface area (Å²) in [5.41, 5.74) is 1.43. The molecule has 0 unspecified atom stereocenters. The molecule has 0 N–H and O–H groups in total. The van der Waals surface area contributed by atoms with Crippen LogP contribution >= 0.6 is 0 Å². The summed E-state index contributed by atoms with van der Waals surface area (Å²) in [5.74, 6) is -0.678. The van der Waals surface area contributed by atoms with Gasteiger partial charge in [-0.1, -0.05) is 30.3 Å². The van der Waals surface area contributed by atoms with Gasteiger partial charge in [-0.25, -0.2) is 4.79 Å². The first-order valence-electron chi connectivity index (χ1n) is 6.96. The Kier molecular flexibility index (Phi) is 5.25. The summed E-state index contributed by atoms with van der Waals surface area (Å²) in [6, 6.07) is 12.1. The number of carbonyl (C=O) groups excluding carboxylic acids is 2. The molecule has 0 saturated carbocycles. The zero-order valence-corrected chi connectivity index (χ0v) is 12.6. The van der Waals surface area contributed by atoms with Crippen LogP contribution in [-0.4, -0.2) is 34.9 Å². The van der Waals surface area contributed by atoms with Gasteiger partial charge in [0.25, 0.3) is 5.91 Å². The third kappa shape index (κ3) is 3.69. The molecule has 114 valence electrons. The summed E-state index contributed by atoms with van der Waals surface area (Å²) in [4.78, 5) is 30.0. The molecular formula is C17H18N2O3. The zero-order valence-electron chi connectivity index (χ0n) is 12.6. The van der Waals surface area contributed by atoms with Gasteiger partial charge in [0.2, 0.25) is 0 Å². The minimum Gasteiger partial charge on any atom is -0.467 e. The molecule has 5 nitrogen and oxygen atoms in total. The maximum atomic E-state index is 12.7. The summed E-state index contributed by atoms with van der Waals surface area (Å²) in [5, 5.41) is 0. The molecule has 22 heavy (non-hydrogen) atoms. The first-order valence-corrected chi connectivity index (χ1v) is 6.96. The second-order valence-electron chi connectivity index (χ2n) is 4.85. The van der Waals surface area contributed by atoms with E-state index in [2.05, 4.69) is 4.98 Å². The average Bonchev–Trinajstić information content (AvgIpc) is 2.59. The summed E-state index contributed by atoms with van der Waals surface area (Å²) < 4.78 is 4.77. The maximum absolute atomic E-state index is 12.7. The molecule has 1 amide bonds. The maximum Gasteiger partial charge on any atom is 0.328 e. The molecule has 2 aromatic rings. The van der Waals surface area contributed by atoms with Crippen LogP contribution in [-0.2, 0) is 16.1 Å². The SMILES string of the molecule is COC(=O)[C@H](C)N(Cc1ccccc1)C(=O)c1ccncc1. The third-order valence-corrected chi connectivity index (χ3v) is 3.39. The number of hydrogen-bond donors (Lipinski definition) is 0. The molecule has 1 aromatic carbocycles. The Labute approximate surface area is 129 Å². The molecule has 0 saturated heterocycles. The lowest BCUT2D eigenvalue weighted by Gasteiger charge is -2.27. The monoisotopic (exact) mass is 298 g/mol. The Morgan fingerprint density at radius 1 is 1.14 bits per heavy atom. The van der Waals surface area contributed by atoms with Gasteiger partial charge in [-0.05, 0) is 24.6 Å². The number of methoxy groups -OCH3 is 1. The van der Waals surface area contributed by atoms with Crippen molar-refractivity contribution >= 4 is 11.9 Å². The number of esters is 1. The van der Waals surface area contributed by atoms with E-state index in [4.69, 9.17) is 4.74 Å². The Morgan fingerprint density at radius 3 is 2.36 bits per heavy atom. The molecule has 0 radical (unpaired) electrons. The van der Waals surface area contributed by atoms with E-state index < -0.39 is 12.0 Å². The van der Waals surface area contributed by atoms with E-state index in [1.165, 1.54) is 12.0 Å². The highest BCUT2D eigenvalue weighted by Crippen LogP contribution is 2.14. The second-order valence-corrected chi connectivity index (χ2v) is 4.85. The molecule has 0 fully saturated rings. The normalized spacial score (nSPS) is 11.5. The molecule has 0 aliphatic heterocycles. The van der Waals surface area contributed by atoms with Crippen molar-refractivity contribution in [1.29, 1.82) is 0 Å². The minimum absolute atomic E-state index is 0.232. The third-order valence-electron chi connectivity index (χ3n) is 3.39. The van der Waals surface area contributed by atoms with Crippen LogP contribution in [0, 0.1) is 0 Å². The number of benzene rings is 1. The Bertz CT molecular complexity index is 629. The fourth-order valence-electron chi connectivity index (χ4n) is 2.12. The summed E-state index contributed by atoms with van der Waals surface area (Å²) in [6.07, 6.45) is 3.10. The van der Waals surface area contributed by atoms with E-state index in [0.717, 1.165) is 5.56 Å². The van der Waals surface area contributed by atoms with Gasteiger partial charge in [-0.2, -0.15) is 0 Å². The number of hydrogen-bond acceptors (Lipinski definition) is 4. The van der Waals surface area contributed by atoms with Crippen LogP contribution in [0.2, 0.25) is 0 Å². The van der Waals surface area contributed by atoms with Crippen LogP contribution in [0.25, 0.3) is 0 Å². The number of aromatic nitrogens is 1. The Balaban J connectivity index is 2.29. The van der Waals surface area contributed by atoms with Gasteiger partial charge in [0.1, 0.15) is 6.04 Å². The molecule has 1 atom stereocenters. The van der Waals surface area contributed by atoms with E-state index in [-0.39, 0.29) is 5.91 Å². The molecule has 0 bridgehead atoms. The van der Waals surface area contributed by atoms with Crippen molar-refractivity contribution in [3.63, 3.8) is 0 Å². The summed E-state index contributed by atoms with van der Waals surface area (Å²) in [7, 11) is 1.32. The van der Waals surface area contributed by atoms with E-state index in [9.17, 15) is 9.59 Å². The molecule has 5 heteroatoms. The van der Waals surface area contributed by atoms with Crippen molar-refractivity contribution in [3.8, 4) is 0 Å². The van der Waals surface area contributed by atoms with E-state index in [1.54, 1.807) is 31.5 Å². The van der Waals surface area contributed by atoms with Crippen molar-refractivity contribution < 1.29 is 14.3 Å². The quantitative estimate of drug-likeness (QED) is 0.795. The summed E-state index contributed by atoms with van der Waals surface area (Å²) in [6.45, 7) is 1.99. The van der Waals surface area contributed by atoms with Gasteiger partial charge < -0.3 is 9.64 Å². The van der Waals surface area contributed by atoms with Crippen molar-refractivity contribution in [3.05, 3.63) is 66.0 Å². The zero-order chi connectivity index (χ0) is 15.9. The highest BCUT2D eigenvalue weighted by molar-refractivity contribution is 5.96. The fraction of sp³-hybridized carbons (Fsp3) is 0.235. The van der Waals surface area contributed by atoms with Crippen molar-refractivity contribution in [2.45, 2.75) is 19.5 Å². The summed E-state index contributed by atoms with van der Waals surface area (Å²) >= 11 is 0. The molecule has 0 spiro atoms. The largest absolute Gasteiger partial charge is 0.467 e. The minimum atomic E-state index is -0.675. The molecule has 2 rings (SSSR count). The van der Waals surface area contributed by atoms with Crippen LogP contribution in [0.3, 0.4) is 0 Å². The molecule has 1 heterocycles. The van der Waals surface area contributed by atoms with E-state index in [1.807, 2.05) is 30.3 Å². The smallest absolute Gasteiger partial charge is 0.328 e. The van der Waals surface area contributed by atoms with Gasteiger partial charge in [0.05, 0.1) is 7.11 Å². The van der Waals surface area contributed by atoms with Crippen LogP contribution in [0.15, 0.2) is 54.9 Å². The molecular weight excluding hydrogens is 280 g/mol. The number of rotatable bonds is 5. The number of pyridine rings is 1. The second kappa shape index (κ2) is 7.36. The first kappa shape index (κ1) is 15.7. The van der Waals surface area contributed by atoms with Crippen molar-refractivity contribution in [2.75, 3.05) is 7.11 Å². The Hall–Kier alpha value is -2.69. The van der Waals surface area contributed by atoms with Gasteiger partial charge in [-0.3, -0.25) is 9.78 Å². The Morgan fingerprint density at radius 2 is 1.77 bits per heavy atom. The molecule has 1 aromatic heterocycles. The fourth-order valence-corrected chi connectivity index (χ4v) is 2.12. The number of carbonyl (C=O) groups is 2. The van der Waals surface area contributed by atoms with Crippen molar-refractivity contribution in [1.82, 2.24) is 9.88 Å². The lowest BCUT2D eigenvalue weighted by Crippen LogP contribution is -2.43. The first-order chi connectivity index (χ1) is 10.6. The molecule has 0 aliphatic carbocycles. The standard InChI is InChI=1S/C17H18N2O3/c1-13(17(21)22-2)19(12-14-6-4-3-5-7-14)16(20)15-8-10-18-11-9-15/h3-11,13H,12H2,1-2H3/t13-/m0/s1. The van der Waals surface area contributed by atoms with Gasteiger partial charge in [0.15, 0.2) is 0 Å². The van der Waals surface area contributed by atoms with E-state index >= 15 is 0 Å². The average molecular weight is 298 g/mol. The molecule has 0 aliphatic rings. The van der Waals surface area contributed by atoms with Crippen LogP contribution < -0.4 is 0 Å². The van der Waals surface area contributed by atoms with Gasteiger partial charge in [-0.15, -0.1) is 0 Å².